The number of carboxylic acids is 1. The Balaban J connectivity index is 1.47. The van der Waals surface area contributed by atoms with Crippen molar-refractivity contribution in [3.63, 3.8) is 0 Å². The van der Waals surface area contributed by atoms with E-state index in [9.17, 15) is 9.59 Å². The summed E-state index contributed by atoms with van der Waals surface area (Å²) in [5, 5.41) is 17.9. The molecule has 0 atom stereocenters. The monoisotopic (exact) mass is 391 g/mol. The van der Waals surface area contributed by atoms with Crippen LogP contribution in [0.5, 0.6) is 0 Å². The molecule has 2 aromatic heterocycles. The number of thiophene rings is 1. The summed E-state index contributed by atoms with van der Waals surface area (Å²) in [7, 11) is 0. The summed E-state index contributed by atoms with van der Waals surface area (Å²) >= 11 is 1.49. The summed E-state index contributed by atoms with van der Waals surface area (Å²) in [6, 6.07) is 2.33. The topological polar surface area (TPSA) is 93.5 Å². The Hall–Kier alpha value is -1.93. The first kappa shape index (κ1) is 18.4. The summed E-state index contributed by atoms with van der Waals surface area (Å²) in [5.41, 5.74) is 0.953. The number of aryl methyl sites for hydroxylation is 1. The van der Waals surface area contributed by atoms with Gasteiger partial charge >= 0.3 is 5.97 Å². The van der Waals surface area contributed by atoms with Gasteiger partial charge in [0.15, 0.2) is 0 Å². The molecule has 1 aliphatic carbocycles. The second-order valence-corrected chi connectivity index (χ2v) is 8.59. The largest absolute Gasteiger partial charge is 0.481 e. The third-order valence-electron chi connectivity index (χ3n) is 5.74. The van der Waals surface area contributed by atoms with Crippen LogP contribution in [0.2, 0.25) is 0 Å². The molecule has 0 bridgehead atoms. The number of ether oxygens (including phenoxy) is 1. The smallest absolute Gasteiger partial charge is 0.306 e. The van der Waals surface area contributed by atoms with Crippen molar-refractivity contribution in [1.82, 2.24) is 15.1 Å². The number of hydrogen-bond acceptors (Lipinski definition) is 5. The molecule has 2 N–H and O–H groups in total. The van der Waals surface area contributed by atoms with Crippen LogP contribution in [-0.2, 0) is 9.53 Å². The fourth-order valence-corrected chi connectivity index (χ4v) is 5.24. The van der Waals surface area contributed by atoms with Crippen molar-refractivity contribution >= 4 is 33.4 Å². The number of amides is 1. The average molecular weight is 391 g/mol. The molecule has 0 aromatic carbocycles. The number of aromatic nitrogens is 2. The SMILES string of the molecule is Cc1nn(C2CCOCC2)c2sc(C(=O)NC3CCC(C(=O)O)CC3)cc12. The Bertz CT molecular complexity index is 845. The van der Waals surface area contributed by atoms with Gasteiger partial charge in [-0.15, -0.1) is 11.3 Å². The van der Waals surface area contributed by atoms with Crippen LogP contribution in [0, 0.1) is 12.8 Å². The third-order valence-corrected chi connectivity index (χ3v) is 6.86. The Morgan fingerprint density at radius 2 is 1.93 bits per heavy atom. The highest BCUT2D eigenvalue weighted by Gasteiger charge is 2.28. The van der Waals surface area contributed by atoms with Crippen LogP contribution in [0.4, 0.5) is 0 Å². The zero-order valence-electron chi connectivity index (χ0n) is 15.4. The van der Waals surface area contributed by atoms with Crippen molar-refractivity contribution in [2.75, 3.05) is 13.2 Å². The lowest BCUT2D eigenvalue weighted by Crippen LogP contribution is -2.38. The number of carboxylic acid groups (broad SMARTS) is 1. The molecule has 3 heterocycles. The predicted molar refractivity (Wildman–Crippen MR) is 102 cm³/mol. The summed E-state index contributed by atoms with van der Waals surface area (Å²) < 4.78 is 7.53. The first-order chi connectivity index (χ1) is 13.0. The van der Waals surface area contributed by atoms with Crippen LogP contribution in [0.1, 0.15) is 59.9 Å². The molecule has 7 nitrogen and oxygen atoms in total. The van der Waals surface area contributed by atoms with Crippen LogP contribution in [0.3, 0.4) is 0 Å². The predicted octanol–water partition coefficient (Wildman–Crippen LogP) is 3.13. The lowest BCUT2D eigenvalue weighted by atomic mass is 9.86. The number of aliphatic carboxylic acids is 1. The number of nitrogens with one attached hydrogen (secondary N) is 1. The van der Waals surface area contributed by atoms with E-state index in [0.717, 1.165) is 54.8 Å². The van der Waals surface area contributed by atoms with E-state index in [1.165, 1.54) is 11.3 Å². The van der Waals surface area contributed by atoms with Crippen LogP contribution >= 0.6 is 11.3 Å². The van der Waals surface area contributed by atoms with Crippen molar-refractivity contribution in [2.45, 2.75) is 57.5 Å². The van der Waals surface area contributed by atoms with Crippen molar-refractivity contribution < 1.29 is 19.4 Å². The fourth-order valence-electron chi connectivity index (χ4n) is 4.10. The van der Waals surface area contributed by atoms with Crippen LogP contribution < -0.4 is 5.32 Å². The second-order valence-electron chi connectivity index (χ2n) is 7.56. The minimum atomic E-state index is -0.725. The lowest BCUT2D eigenvalue weighted by Gasteiger charge is -2.26. The molecular weight excluding hydrogens is 366 g/mol. The maximum Gasteiger partial charge on any atom is 0.306 e. The zero-order chi connectivity index (χ0) is 19.0. The van der Waals surface area contributed by atoms with E-state index in [0.29, 0.717) is 23.8 Å². The molecule has 1 amide bonds. The van der Waals surface area contributed by atoms with E-state index in [4.69, 9.17) is 14.9 Å². The van der Waals surface area contributed by atoms with E-state index >= 15 is 0 Å². The Kier molecular flexibility index (Phi) is 5.19. The Morgan fingerprint density at radius 1 is 1.22 bits per heavy atom. The van der Waals surface area contributed by atoms with Crippen LogP contribution in [0.25, 0.3) is 10.2 Å². The van der Waals surface area contributed by atoms with E-state index in [1.807, 2.05) is 13.0 Å². The molecule has 2 fully saturated rings. The molecule has 1 saturated carbocycles. The van der Waals surface area contributed by atoms with Gasteiger partial charge in [0.25, 0.3) is 5.91 Å². The zero-order valence-corrected chi connectivity index (χ0v) is 16.3. The molecule has 4 rings (SSSR count). The van der Waals surface area contributed by atoms with Gasteiger partial charge in [-0.25, -0.2) is 0 Å². The van der Waals surface area contributed by atoms with Crippen molar-refractivity contribution in [2.24, 2.45) is 5.92 Å². The molecule has 0 radical (unpaired) electrons. The van der Waals surface area contributed by atoms with Crippen molar-refractivity contribution in [3.8, 4) is 0 Å². The van der Waals surface area contributed by atoms with Gasteiger partial charge < -0.3 is 15.2 Å². The molecule has 146 valence electrons. The molecule has 0 unspecified atom stereocenters. The maximum atomic E-state index is 12.7. The van der Waals surface area contributed by atoms with Gasteiger partial charge in [-0.1, -0.05) is 0 Å². The normalized spacial score (nSPS) is 24.2. The summed E-state index contributed by atoms with van der Waals surface area (Å²) in [6.07, 6.45) is 4.60. The molecule has 2 aliphatic rings. The first-order valence-corrected chi connectivity index (χ1v) is 10.4. The standard InChI is InChI=1S/C19H25N3O4S/c1-11-15-10-16(17(23)20-13-4-2-12(3-5-13)19(24)25)27-18(15)22(21-11)14-6-8-26-9-7-14/h10,12-14H,2-9H2,1H3,(H,20,23)(H,24,25). The van der Waals surface area contributed by atoms with Gasteiger partial charge in [-0.2, -0.15) is 5.10 Å². The Morgan fingerprint density at radius 3 is 2.59 bits per heavy atom. The molecule has 2 aromatic rings. The molecule has 1 aliphatic heterocycles. The quantitative estimate of drug-likeness (QED) is 0.835. The van der Waals surface area contributed by atoms with Gasteiger partial charge in [-0.05, 0) is 51.5 Å². The minimum absolute atomic E-state index is 0.0615. The van der Waals surface area contributed by atoms with Gasteiger partial charge in [0, 0.05) is 24.6 Å². The van der Waals surface area contributed by atoms with E-state index in [2.05, 4.69) is 10.00 Å². The van der Waals surface area contributed by atoms with E-state index in [1.54, 1.807) is 0 Å². The van der Waals surface area contributed by atoms with Crippen LogP contribution in [-0.4, -0.2) is 46.0 Å². The second kappa shape index (κ2) is 7.59. The number of carbonyl (C=O) groups is 2. The number of hydrogen-bond donors (Lipinski definition) is 2. The highest BCUT2D eigenvalue weighted by atomic mass is 32.1. The van der Waals surface area contributed by atoms with E-state index < -0.39 is 5.97 Å². The Labute approximate surface area is 161 Å². The third kappa shape index (κ3) is 3.73. The summed E-state index contributed by atoms with van der Waals surface area (Å²) in [5.74, 6) is -1.05. The highest BCUT2D eigenvalue weighted by Crippen LogP contribution is 2.33. The highest BCUT2D eigenvalue weighted by molar-refractivity contribution is 7.20. The minimum Gasteiger partial charge on any atom is -0.481 e. The molecular formula is C19H25N3O4S. The van der Waals surface area contributed by atoms with Crippen molar-refractivity contribution in [3.05, 3.63) is 16.6 Å². The molecule has 27 heavy (non-hydrogen) atoms. The summed E-state index contributed by atoms with van der Waals surface area (Å²) in [6.45, 7) is 3.49. The first-order valence-electron chi connectivity index (χ1n) is 9.63. The number of rotatable bonds is 4. The van der Waals surface area contributed by atoms with Gasteiger partial charge in [0.05, 0.1) is 22.5 Å². The van der Waals surface area contributed by atoms with E-state index in [-0.39, 0.29) is 17.9 Å². The van der Waals surface area contributed by atoms with Gasteiger partial charge in [0.2, 0.25) is 0 Å². The average Bonchev–Trinajstić information content (AvgIpc) is 3.24. The molecule has 0 spiro atoms. The number of nitrogens with zero attached hydrogens (tertiary/aromatic N) is 2. The number of fused-ring (bicyclic) bond motifs is 1. The van der Waals surface area contributed by atoms with Gasteiger partial charge in [0.1, 0.15) is 4.83 Å². The maximum absolute atomic E-state index is 12.7. The van der Waals surface area contributed by atoms with Crippen LogP contribution in [0.15, 0.2) is 6.07 Å². The molecule has 8 heteroatoms. The fraction of sp³-hybridized carbons (Fsp3) is 0.632. The lowest BCUT2D eigenvalue weighted by molar-refractivity contribution is -0.142. The number of carbonyl (C=O) groups excluding carboxylic acids is 1. The van der Waals surface area contributed by atoms with Gasteiger partial charge in [-0.3, -0.25) is 14.3 Å². The summed E-state index contributed by atoms with van der Waals surface area (Å²) in [4.78, 5) is 25.6. The van der Waals surface area contributed by atoms with Crippen molar-refractivity contribution in [1.29, 1.82) is 0 Å². The molecule has 1 saturated heterocycles.